The number of hydrogen-bond acceptors (Lipinski definition) is 5. The number of benzene rings is 2. The summed E-state index contributed by atoms with van der Waals surface area (Å²) in [5.41, 5.74) is 0.929. The van der Waals surface area contributed by atoms with Crippen molar-refractivity contribution in [1.82, 2.24) is 0 Å². The molecule has 0 aromatic heterocycles. The van der Waals surface area contributed by atoms with Crippen molar-refractivity contribution in [3.8, 4) is 0 Å². The van der Waals surface area contributed by atoms with E-state index in [1.165, 1.54) is 25.3 Å². The van der Waals surface area contributed by atoms with E-state index in [0.717, 1.165) is 5.56 Å². The zero-order valence-electron chi connectivity index (χ0n) is 12.2. The van der Waals surface area contributed by atoms with Gasteiger partial charge in [-0.2, -0.15) is 0 Å². The summed E-state index contributed by atoms with van der Waals surface area (Å²) in [6.07, 6.45) is 0. The van der Waals surface area contributed by atoms with Crippen molar-refractivity contribution < 1.29 is 23.9 Å². The van der Waals surface area contributed by atoms with Crippen LogP contribution >= 0.6 is 11.6 Å². The van der Waals surface area contributed by atoms with Crippen molar-refractivity contribution in [3.05, 3.63) is 70.8 Å². The monoisotopic (exact) mass is 332 g/mol. The Morgan fingerprint density at radius 3 is 2.04 bits per heavy atom. The Balaban J connectivity index is 2.23. The molecule has 0 aliphatic rings. The van der Waals surface area contributed by atoms with Gasteiger partial charge in [-0.05, 0) is 35.4 Å². The van der Waals surface area contributed by atoms with Gasteiger partial charge in [0.25, 0.3) is 5.24 Å². The average Bonchev–Trinajstić information content (AvgIpc) is 2.59. The second-order valence-corrected chi connectivity index (χ2v) is 4.97. The molecule has 0 saturated carbocycles. The molecule has 0 fully saturated rings. The molecule has 0 amide bonds. The SMILES string of the molecule is COC(=O)c1cc(C(=O)Cl)cc(C(=O)OCc2ccccc2)c1. The zero-order chi connectivity index (χ0) is 16.8. The molecule has 0 aliphatic heterocycles. The molecule has 0 unspecified atom stereocenters. The highest BCUT2D eigenvalue weighted by molar-refractivity contribution is 6.67. The van der Waals surface area contributed by atoms with Crippen LogP contribution in [0.2, 0.25) is 0 Å². The molecule has 23 heavy (non-hydrogen) atoms. The molecular formula is C17H13ClO5. The van der Waals surface area contributed by atoms with E-state index in [4.69, 9.17) is 16.3 Å². The van der Waals surface area contributed by atoms with Gasteiger partial charge < -0.3 is 9.47 Å². The third-order valence-electron chi connectivity index (χ3n) is 3.03. The first-order chi connectivity index (χ1) is 11.0. The lowest BCUT2D eigenvalue weighted by Gasteiger charge is -2.08. The first-order valence-electron chi connectivity index (χ1n) is 6.65. The molecule has 2 aromatic rings. The predicted octanol–water partition coefficient (Wildman–Crippen LogP) is 3.21. The second-order valence-electron chi connectivity index (χ2n) is 4.63. The van der Waals surface area contributed by atoms with E-state index in [-0.39, 0.29) is 23.3 Å². The molecule has 0 N–H and O–H groups in total. The molecule has 0 atom stereocenters. The summed E-state index contributed by atoms with van der Waals surface area (Å²) in [6, 6.07) is 12.9. The lowest BCUT2D eigenvalue weighted by molar-refractivity contribution is 0.0472. The normalized spacial score (nSPS) is 10.0. The van der Waals surface area contributed by atoms with E-state index in [1.807, 2.05) is 30.3 Å². The van der Waals surface area contributed by atoms with Gasteiger partial charge in [0.2, 0.25) is 0 Å². The Kier molecular flexibility index (Phi) is 5.49. The molecule has 5 nitrogen and oxygen atoms in total. The Labute approximate surface area is 137 Å². The van der Waals surface area contributed by atoms with Crippen molar-refractivity contribution in [3.63, 3.8) is 0 Å². The summed E-state index contributed by atoms with van der Waals surface area (Å²) >= 11 is 5.43. The Morgan fingerprint density at radius 2 is 1.48 bits per heavy atom. The van der Waals surface area contributed by atoms with Crippen LogP contribution in [0.1, 0.15) is 36.6 Å². The highest BCUT2D eigenvalue weighted by Crippen LogP contribution is 2.15. The number of carbonyl (C=O) groups excluding carboxylic acids is 3. The minimum Gasteiger partial charge on any atom is -0.465 e. The van der Waals surface area contributed by atoms with Crippen LogP contribution < -0.4 is 0 Å². The summed E-state index contributed by atoms with van der Waals surface area (Å²) in [6.45, 7) is 0.0757. The minimum absolute atomic E-state index is 0.0150. The van der Waals surface area contributed by atoms with Crippen LogP contribution in [0.3, 0.4) is 0 Å². The number of carbonyl (C=O) groups is 3. The van der Waals surface area contributed by atoms with Crippen molar-refractivity contribution in [1.29, 1.82) is 0 Å². The van der Waals surface area contributed by atoms with E-state index in [2.05, 4.69) is 4.74 Å². The second kappa shape index (κ2) is 7.56. The molecular weight excluding hydrogens is 320 g/mol. The number of esters is 2. The molecule has 0 saturated heterocycles. The average molecular weight is 333 g/mol. The summed E-state index contributed by atoms with van der Waals surface area (Å²) in [4.78, 5) is 35.1. The number of ether oxygens (including phenoxy) is 2. The van der Waals surface area contributed by atoms with E-state index < -0.39 is 17.2 Å². The fourth-order valence-corrected chi connectivity index (χ4v) is 2.01. The topological polar surface area (TPSA) is 69.7 Å². The maximum absolute atomic E-state index is 12.1. The first-order valence-corrected chi connectivity index (χ1v) is 7.03. The van der Waals surface area contributed by atoms with Crippen molar-refractivity contribution in [2.75, 3.05) is 7.11 Å². The molecule has 2 rings (SSSR count). The van der Waals surface area contributed by atoms with Gasteiger partial charge >= 0.3 is 11.9 Å². The van der Waals surface area contributed by atoms with Crippen LogP contribution in [0.5, 0.6) is 0 Å². The molecule has 2 aromatic carbocycles. The van der Waals surface area contributed by atoms with Crippen molar-refractivity contribution in [2.24, 2.45) is 0 Å². The molecule has 0 bridgehead atoms. The highest BCUT2D eigenvalue weighted by Gasteiger charge is 2.16. The van der Waals surface area contributed by atoms with Crippen LogP contribution in [0, 0.1) is 0 Å². The summed E-state index contributed by atoms with van der Waals surface area (Å²) in [7, 11) is 1.20. The summed E-state index contributed by atoms with van der Waals surface area (Å²) in [5, 5.41) is -0.784. The predicted molar refractivity (Wildman–Crippen MR) is 83.5 cm³/mol. The Bertz CT molecular complexity index is 740. The molecule has 6 heteroatoms. The van der Waals surface area contributed by atoms with Crippen LogP contribution in [0.15, 0.2) is 48.5 Å². The van der Waals surface area contributed by atoms with Gasteiger partial charge in [-0.25, -0.2) is 9.59 Å². The van der Waals surface area contributed by atoms with E-state index in [0.29, 0.717) is 0 Å². The largest absolute Gasteiger partial charge is 0.465 e. The Morgan fingerprint density at radius 1 is 0.913 bits per heavy atom. The van der Waals surface area contributed by atoms with Gasteiger partial charge in [0.15, 0.2) is 0 Å². The Hall–Kier alpha value is -2.66. The fourth-order valence-electron chi connectivity index (χ4n) is 1.90. The summed E-state index contributed by atoms with van der Waals surface area (Å²) in [5.74, 6) is -1.35. The third kappa shape index (κ3) is 4.40. The zero-order valence-corrected chi connectivity index (χ0v) is 13.0. The van der Waals surface area contributed by atoms with Gasteiger partial charge in [-0.15, -0.1) is 0 Å². The third-order valence-corrected chi connectivity index (χ3v) is 3.25. The van der Waals surface area contributed by atoms with Crippen LogP contribution in [0.25, 0.3) is 0 Å². The number of methoxy groups -OCH3 is 1. The van der Waals surface area contributed by atoms with Gasteiger partial charge in [0, 0.05) is 5.56 Å². The highest BCUT2D eigenvalue weighted by atomic mass is 35.5. The molecule has 118 valence electrons. The van der Waals surface area contributed by atoms with Crippen LogP contribution in [-0.4, -0.2) is 24.3 Å². The number of rotatable bonds is 5. The smallest absolute Gasteiger partial charge is 0.338 e. The standard InChI is InChI=1S/C17H13ClO5/c1-22-16(20)13-7-12(15(18)19)8-14(9-13)17(21)23-10-11-5-3-2-4-6-11/h2-9H,10H2,1H3. The summed E-state index contributed by atoms with van der Waals surface area (Å²) < 4.78 is 9.76. The molecule has 0 radical (unpaired) electrons. The molecule has 0 spiro atoms. The van der Waals surface area contributed by atoms with E-state index in [9.17, 15) is 14.4 Å². The van der Waals surface area contributed by atoms with Crippen LogP contribution in [0.4, 0.5) is 0 Å². The number of hydrogen-bond donors (Lipinski definition) is 0. The van der Waals surface area contributed by atoms with Crippen LogP contribution in [-0.2, 0) is 16.1 Å². The van der Waals surface area contributed by atoms with E-state index >= 15 is 0 Å². The van der Waals surface area contributed by atoms with Gasteiger partial charge in [-0.1, -0.05) is 30.3 Å². The van der Waals surface area contributed by atoms with Gasteiger partial charge in [-0.3, -0.25) is 4.79 Å². The molecule has 0 aliphatic carbocycles. The lowest BCUT2D eigenvalue weighted by atomic mass is 10.1. The van der Waals surface area contributed by atoms with Gasteiger partial charge in [0.05, 0.1) is 18.2 Å². The number of halogens is 1. The van der Waals surface area contributed by atoms with Crippen molar-refractivity contribution >= 4 is 28.8 Å². The first kappa shape index (κ1) is 16.7. The van der Waals surface area contributed by atoms with Gasteiger partial charge in [0.1, 0.15) is 6.61 Å². The maximum Gasteiger partial charge on any atom is 0.338 e. The minimum atomic E-state index is -0.784. The fraction of sp³-hybridized carbons (Fsp3) is 0.118. The van der Waals surface area contributed by atoms with E-state index in [1.54, 1.807) is 0 Å². The van der Waals surface area contributed by atoms with Crippen molar-refractivity contribution in [2.45, 2.75) is 6.61 Å². The quantitative estimate of drug-likeness (QED) is 0.621. The maximum atomic E-state index is 12.1. The molecule has 0 heterocycles. The lowest BCUT2D eigenvalue weighted by Crippen LogP contribution is -2.10.